The summed E-state index contributed by atoms with van der Waals surface area (Å²) in [5.41, 5.74) is 1.03. The Morgan fingerprint density at radius 2 is 1.93 bits per heavy atom. The first-order valence-corrected chi connectivity index (χ1v) is 9.16. The monoisotopic (exact) mass is 376 g/mol. The second kappa shape index (κ2) is 8.76. The summed E-state index contributed by atoms with van der Waals surface area (Å²) in [5, 5.41) is 21.6. The molecule has 1 aromatic heterocycles. The van der Waals surface area contributed by atoms with Crippen molar-refractivity contribution >= 4 is 28.3 Å². The lowest BCUT2D eigenvalue weighted by molar-refractivity contribution is -0.383. The number of carbonyl (C=O) groups is 1. The number of nitro benzene ring substituents is 1. The van der Waals surface area contributed by atoms with Gasteiger partial charge in [0.15, 0.2) is 5.52 Å². The fraction of sp³-hybridized carbons (Fsp3) is 0.588. The van der Waals surface area contributed by atoms with Crippen LogP contribution in [-0.2, 0) is 4.79 Å². The number of piperazine rings is 1. The second-order valence-corrected chi connectivity index (χ2v) is 6.77. The van der Waals surface area contributed by atoms with Crippen LogP contribution in [0.3, 0.4) is 0 Å². The van der Waals surface area contributed by atoms with Crippen molar-refractivity contribution in [3.63, 3.8) is 0 Å². The Kier molecular flexibility index (Phi) is 6.17. The van der Waals surface area contributed by atoms with E-state index in [1.165, 1.54) is 6.07 Å². The lowest BCUT2D eigenvalue weighted by Crippen LogP contribution is -2.47. The van der Waals surface area contributed by atoms with Gasteiger partial charge in [-0.1, -0.05) is 6.42 Å². The van der Waals surface area contributed by atoms with Crippen molar-refractivity contribution in [3.8, 4) is 0 Å². The molecule has 2 aromatic rings. The summed E-state index contributed by atoms with van der Waals surface area (Å²) >= 11 is 0. The van der Waals surface area contributed by atoms with E-state index in [2.05, 4.69) is 32.2 Å². The largest absolute Gasteiger partial charge is 0.383 e. The van der Waals surface area contributed by atoms with Crippen molar-refractivity contribution in [2.24, 2.45) is 0 Å². The molecule has 1 saturated heterocycles. The molecule has 10 nitrogen and oxygen atoms in total. The summed E-state index contributed by atoms with van der Waals surface area (Å²) in [5.74, 6) is 0.238. The molecule has 146 valence electrons. The molecule has 1 fully saturated rings. The van der Waals surface area contributed by atoms with Crippen molar-refractivity contribution in [2.75, 3.05) is 45.1 Å². The number of fused-ring (bicyclic) bond motifs is 1. The molecule has 0 aliphatic carbocycles. The third-order valence-electron chi connectivity index (χ3n) is 4.83. The summed E-state index contributed by atoms with van der Waals surface area (Å²) in [4.78, 5) is 26.8. The number of hydrogen-bond acceptors (Lipinski definition) is 8. The maximum Gasteiger partial charge on any atom is 0.300 e. The smallest absolute Gasteiger partial charge is 0.300 e. The minimum atomic E-state index is -0.506. The van der Waals surface area contributed by atoms with Crippen LogP contribution in [0, 0.1) is 10.1 Å². The van der Waals surface area contributed by atoms with Gasteiger partial charge in [-0.15, -0.1) is 0 Å². The molecule has 3 rings (SSSR count). The first-order chi connectivity index (χ1) is 13.1. The standard InChI is InChI=1S/C17H24N6O4/c1-21-9-11-22(12-10-21)15(24)5-3-2-4-8-18-13-6-7-14(23(25)26)17-16(13)19-27-20-17/h6-7,18H,2-5,8-12H2,1H3. The van der Waals surface area contributed by atoms with E-state index in [-0.39, 0.29) is 17.1 Å². The number of carbonyl (C=O) groups excluding carboxylic acids is 1. The molecular weight excluding hydrogens is 352 g/mol. The van der Waals surface area contributed by atoms with E-state index in [0.717, 1.165) is 45.4 Å². The summed E-state index contributed by atoms with van der Waals surface area (Å²) in [6, 6.07) is 3.01. The molecule has 1 aliphatic rings. The fourth-order valence-electron chi connectivity index (χ4n) is 3.16. The van der Waals surface area contributed by atoms with Crippen LogP contribution in [0.15, 0.2) is 16.8 Å². The minimum Gasteiger partial charge on any atom is -0.383 e. The zero-order valence-corrected chi connectivity index (χ0v) is 15.4. The molecule has 1 N–H and O–H groups in total. The van der Waals surface area contributed by atoms with Gasteiger partial charge in [-0.25, -0.2) is 4.63 Å². The molecule has 0 saturated carbocycles. The van der Waals surface area contributed by atoms with Crippen molar-refractivity contribution in [1.29, 1.82) is 0 Å². The number of likely N-dealkylation sites (N-methyl/N-ethyl adjacent to an activating group) is 1. The molecule has 0 bridgehead atoms. The number of non-ortho nitro benzene ring substituents is 1. The maximum absolute atomic E-state index is 12.2. The van der Waals surface area contributed by atoms with Gasteiger partial charge in [0, 0.05) is 45.2 Å². The summed E-state index contributed by atoms with van der Waals surface area (Å²) < 4.78 is 4.64. The topological polar surface area (TPSA) is 118 Å². The van der Waals surface area contributed by atoms with E-state index >= 15 is 0 Å². The van der Waals surface area contributed by atoms with Gasteiger partial charge in [0.05, 0.1) is 10.6 Å². The number of unbranched alkanes of at least 4 members (excludes halogenated alkanes) is 2. The Bertz CT molecular complexity index is 800. The normalized spacial score (nSPS) is 15.2. The van der Waals surface area contributed by atoms with Gasteiger partial charge in [-0.05, 0) is 36.3 Å². The summed E-state index contributed by atoms with van der Waals surface area (Å²) in [6.45, 7) is 4.20. The quantitative estimate of drug-likeness (QED) is 0.421. The Morgan fingerprint density at radius 1 is 1.19 bits per heavy atom. The Labute approximate surface area is 156 Å². The van der Waals surface area contributed by atoms with E-state index < -0.39 is 4.92 Å². The first kappa shape index (κ1) is 19.0. The van der Waals surface area contributed by atoms with Gasteiger partial charge in [0.25, 0.3) is 0 Å². The molecule has 1 aromatic carbocycles. The first-order valence-electron chi connectivity index (χ1n) is 9.16. The maximum atomic E-state index is 12.2. The van der Waals surface area contributed by atoms with Crippen molar-refractivity contribution in [2.45, 2.75) is 25.7 Å². The van der Waals surface area contributed by atoms with Crippen LogP contribution in [-0.4, -0.2) is 70.7 Å². The van der Waals surface area contributed by atoms with Gasteiger partial charge in [-0.2, -0.15) is 0 Å². The number of nitrogens with one attached hydrogen (secondary N) is 1. The van der Waals surface area contributed by atoms with Gasteiger partial charge < -0.3 is 15.1 Å². The van der Waals surface area contributed by atoms with Crippen LogP contribution in [0.1, 0.15) is 25.7 Å². The third kappa shape index (κ3) is 4.70. The Hall–Kier alpha value is -2.75. The number of benzene rings is 1. The van der Waals surface area contributed by atoms with Gasteiger partial charge in [0.1, 0.15) is 0 Å². The number of anilines is 1. The molecule has 27 heavy (non-hydrogen) atoms. The molecule has 0 atom stereocenters. The van der Waals surface area contributed by atoms with Crippen LogP contribution in [0.25, 0.3) is 11.0 Å². The summed E-state index contributed by atoms with van der Waals surface area (Å²) in [7, 11) is 2.07. The van der Waals surface area contributed by atoms with Gasteiger partial charge in [0.2, 0.25) is 11.4 Å². The average Bonchev–Trinajstić information content (AvgIpc) is 3.14. The van der Waals surface area contributed by atoms with Crippen LogP contribution >= 0.6 is 0 Å². The van der Waals surface area contributed by atoms with Crippen molar-refractivity contribution in [1.82, 2.24) is 20.1 Å². The highest BCUT2D eigenvalue weighted by Gasteiger charge is 2.20. The van der Waals surface area contributed by atoms with Crippen LogP contribution < -0.4 is 5.32 Å². The highest BCUT2D eigenvalue weighted by molar-refractivity contribution is 5.93. The Balaban J connectivity index is 1.39. The van der Waals surface area contributed by atoms with Crippen LogP contribution in [0.5, 0.6) is 0 Å². The number of aromatic nitrogens is 2. The van der Waals surface area contributed by atoms with E-state index in [1.807, 2.05) is 4.90 Å². The molecule has 1 aliphatic heterocycles. The van der Waals surface area contributed by atoms with E-state index in [9.17, 15) is 14.9 Å². The molecule has 10 heteroatoms. The average molecular weight is 376 g/mol. The highest BCUT2D eigenvalue weighted by atomic mass is 16.6. The number of hydrogen-bond donors (Lipinski definition) is 1. The van der Waals surface area contributed by atoms with E-state index in [0.29, 0.717) is 24.2 Å². The number of amides is 1. The van der Waals surface area contributed by atoms with Crippen LogP contribution in [0.4, 0.5) is 11.4 Å². The molecule has 1 amide bonds. The number of nitro groups is 1. The molecular formula is C17H24N6O4. The third-order valence-corrected chi connectivity index (χ3v) is 4.83. The molecule has 2 heterocycles. The fourth-order valence-corrected chi connectivity index (χ4v) is 3.16. The van der Waals surface area contributed by atoms with Gasteiger partial charge in [-0.3, -0.25) is 14.9 Å². The van der Waals surface area contributed by atoms with Gasteiger partial charge >= 0.3 is 5.69 Å². The lowest BCUT2D eigenvalue weighted by atomic mass is 10.1. The number of rotatable bonds is 8. The zero-order chi connectivity index (χ0) is 19.2. The van der Waals surface area contributed by atoms with Crippen molar-refractivity contribution in [3.05, 3.63) is 22.2 Å². The Morgan fingerprint density at radius 3 is 2.67 bits per heavy atom. The minimum absolute atomic E-state index is 0.126. The van der Waals surface area contributed by atoms with E-state index in [4.69, 9.17) is 0 Å². The zero-order valence-electron chi connectivity index (χ0n) is 15.4. The highest BCUT2D eigenvalue weighted by Crippen LogP contribution is 2.28. The summed E-state index contributed by atoms with van der Waals surface area (Å²) in [6.07, 6.45) is 3.26. The predicted octanol–water partition coefficient (Wildman–Crippen LogP) is 1.88. The molecule has 0 unspecified atom stereocenters. The van der Waals surface area contributed by atoms with Crippen molar-refractivity contribution < 1.29 is 14.3 Å². The predicted molar refractivity (Wildman–Crippen MR) is 99.5 cm³/mol. The number of nitrogens with zero attached hydrogens (tertiary/aromatic N) is 5. The second-order valence-electron chi connectivity index (χ2n) is 6.77. The molecule has 0 radical (unpaired) electrons. The van der Waals surface area contributed by atoms with E-state index in [1.54, 1.807) is 6.07 Å². The van der Waals surface area contributed by atoms with Crippen LogP contribution in [0.2, 0.25) is 0 Å². The SMILES string of the molecule is CN1CCN(C(=O)CCCCCNc2ccc([N+](=O)[O-])c3nonc23)CC1. The lowest BCUT2D eigenvalue weighted by Gasteiger charge is -2.32. The molecule has 0 spiro atoms.